The van der Waals surface area contributed by atoms with Gasteiger partial charge in [0, 0.05) is 51.6 Å². The molecule has 1 aliphatic rings. The van der Waals surface area contributed by atoms with Crippen LogP contribution in [0.1, 0.15) is 29.8 Å². The summed E-state index contributed by atoms with van der Waals surface area (Å²) >= 11 is 0. The number of benzene rings is 2. The summed E-state index contributed by atoms with van der Waals surface area (Å²) in [5.74, 6) is -1.10. The largest absolute Gasteiger partial charge is 0.491 e. The first-order valence-electron chi connectivity index (χ1n) is 13.5. The number of halogens is 1. The van der Waals surface area contributed by atoms with Gasteiger partial charge in [0.05, 0.1) is 34.7 Å². The van der Waals surface area contributed by atoms with Crippen molar-refractivity contribution in [3.05, 3.63) is 83.9 Å². The van der Waals surface area contributed by atoms with Gasteiger partial charge in [-0.05, 0) is 48.9 Å². The molecule has 0 saturated heterocycles. The van der Waals surface area contributed by atoms with Crippen LogP contribution in [0.2, 0.25) is 0 Å². The smallest absolute Gasteiger partial charge is 0.261 e. The van der Waals surface area contributed by atoms with E-state index in [2.05, 4.69) is 9.71 Å². The van der Waals surface area contributed by atoms with E-state index in [4.69, 9.17) is 9.47 Å². The van der Waals surface area contributed by atoms with Crippen LogP contribution in [0.3, 0.4) is 0 Å². The maximum Gasteiger partial charge on any atom is 0.261 e. The van der Waals surface area contributed by atoms with Gasteiger partial charge < -0.3 is 19.3 Å². The molecule has 12 heteroatoms. The second kappa shape index (κ2) is 13.3. The number of hydrogen-bond acceptors (Lipinski definition) is 7. The van der Waals surface area contributed by atoms with E-state index in [1.807, 2.05) is 19.9 Å². The molecule has 10 nitrogen and oxygen atoms in total. The molecular weight excluding hydrogens is 563 g/mol. The highest BCUT2D eigenvalue weighted by Gasteiger charge is 2.30. The Hall–Kier alpha value is -4.03. The highest BCUT2D eigenvalue weighted by atomic mass is 32.2. The van der Waals surface area contributed by atoms with Crippen molar-refractivity contribution in [2.24, 2.45) is 5.92 Å². The van der Waals surface area contributed by atoms with E-state index < -0.39 is 21.9 Å². The molecule has 1 aromatic heterocycles. The Morgan fingerprint density at radius 2 is 1.93 bits per heavy atom. The summed E-state index contributed by atoms with van der Waals surface area (Å²) in [5, 5.41) is 0. The molecule has 3 atom stereocenters. The predicted octanol–water partition coefficient (Wildman–Crippen LogP) is 3.60. The molecule has 1 N–H and O–H groups in total. The van der Waals surface area contributed by atoms with Crippen molar-refractivity contribution in [3.63, 3.8) is 0 Å². The SMILES string of the molecule is CO[C@@H]1CN(C)C(=O)c2ccc(NS(=O)(=O)c3cccc(F)c3)cc2OC[C@H](C)N(C(=O)Cc2cccnc2)C[C@@H]1C. The van der Waals surface area contributed by atoms with Gasteiger partial charge in [-0.25, -0.2) is 12.8 Å². The molecular formula is C30H35FN4O6S. The summed E-state index contributed by atoms with van der Waals surface area (Å²) < 4.78 is 53.8. The number of fused-ring (bicyclic) bond motifs is 1. The summed E-state index contributed by atoms with van der Waals surface area (Å²) in [6, 6.07) is 12.2. The van der Waals surface area contributed by atoms with Crippen LogP contribution in [0, 0.1) is 11.7 Å². The molecule has 0 unspecified atom stereocenters. The third kappa shape index (κ3) is 7.42. The minimum atomic E-state index is -4.12. The third-order valence-electron chi connectivity index (χ3n) is 7.20. The third-order valence-corrected chi connectivity index (χ3v) is 8.58. The zero-order valence-corrected chi connectivity index (χ0v) is 24.8. The number of anilines is 1. The predicted molar refractivity (Wildman–Crippen MR) is 155 cm³/mol. The maximum absolute atomic E-state index is 13.7. The van der Waals surface area contributed by atoms with Gasteiger partial charge in [-0.1, -0.05) is 19.1 Å². The van der Waals surface area contributed by atoms with Crippen molar-refractivity contribution in [2.45, 2.75) is 37.3 Å². The van der Waals surface area contributed by atoms with Crippen LogP contribution in [-0.4, -0.2) is 81.0 Å². The number of methoxy groups -OCH3 is 1. The second-order valence-electron chi connectivity index (χ2n) is 10.5. The number of hydrogen-bond donors (Lipinski definition) is 1. The Bertz CT molecular complexity index is 1520. The normalized spacial score (nSPS) is 20.1. The van der Waals surface area contributed by atoms with Gasteiger partial charge >= 0.3 is 0 Å². The molecule has 0 spiro atoms. The van der Waals surface area contributed by atoms with Crippen LogP contribution in [-0.2, 0) is 26.0 Å². The molecule has 0 fully saturated rings. The van der Waals surface area contributed by atoms with Gasteiger partial charge in [0.25, 0.3) is 15.9 Å². The fourth-order valence-corrected chi connectivity index (χ4v) is 5.89. The molecule has 1 aliphatic heterocycles. The van der Waals surface area contributed by atoms with Crippen molar-refractivity contribution < 1.29 is 31.9 Å². The Labute approximate surface area is 245 Å². The topological polar surface area (TPSA) is 118 Å². The average molecular weight is 599 g/mol. The first kappa shape index (κ1) is 30.9. The Kier molecular flexibility index (Phi) is 9.79. The van der Waals surface area contributed by atoms with Crippen molar-refractivity contribution in [2.75, 3.05) is 38.6 Å². The Morgan fingerprint density at radius 3 is 2.62 bits per heavy atom. The molecule has 42 heavy (non-hydrogen) atoms. The molecule has 3 aromatic rings. The number of aromatic nitrogens is 1. The molecule has 0 saturated carbocycles. The zero-order chi connectivity index (χ0) is 30.4. The number of pyridine rings is 1. The summed E-state index contributed by atoms with van der Waals surface area (Å²) in [6.07, 6.45) is 3.10. The van der Waals surface area contributed by atoms with Gasteiger partial charge in [-0.2, -0.15) is 0 Å². The molecule has 224 valence electrons. The van der Waals surface area contributed by atoms with Crippen LogP contribution in [0.5, 0.6) is 5.75 Å². The number of nitrogens with one attached hydrogen (secondary N) is 1. The fourth-order valence-electron chi connectivity index (χ4n) is 4.81. The van der Waals surface area contributed by atoms with Crippen molar-refractivity contribution in [3.8, 4) is 5.75 Å². The monoisotopic (exact) mass is 598 g/mol. The lowest BCUT2D eigenvalue weighted by Gasteiger charge is -2.36. The van der Waals surface area contributed by atoms with Crippen LogP contribution < -0.4 is 9.46 Å². The van der Waals surface area contributed by atoms with E-state index >= 15 is 0 Å². The second-order valence-corrected chi connectivity index (χ2v) is 12.1. The Morgan fingerprint density at radius 1 is 1.14 bits per heavy atom. The number of nitrogens with zero attached hydrogens (tertiary/aromatic N) is 3. The molecule has 2 amide bonds. The van der Waals surface area contributed by atoms with Gasteiger partial charge in [0.1, 0.15) is 18.2 Å². The van der Waals surface area contributed by atoms with Crippen LogP contribution >= 0.6 is 0 Å². The summed E-state index contributed by atoms with van der Waals surface area (Å²) in [7, 11) is -0.901. The molecule has 0 radical (unpaired) electrons. The maximum atomic E-state index is 13.7. The van der Waals surface area contributed by atoms with E-state index in [1.54, 1.807) is 37.5 Å². The number of carbonyl (C=O) groups excluding carboxylic acids is 2. The standard InChI is InChI=1S/C30H35FN4O6S/c1-20-17-35(29(36)13-22-7-6-12-32-16-22)21(2)19-41-27-15-24(33-42(38,39)25-9-5-8-23(31)14-25)10-11-26(27)30(37)34(3)18-28(20)40-4/h5-12,14-16,20-21,28,33H,13,17-19H2,1-4H3/t20-,21-,28+/m0/s1. The van der Waals surface area contributed by atoms with E-state index in [0.717, 1.165) is 17.7 Å². The van der Waals surface area contributed by atoms with Crippen LogP contribution in [0.15, 0.2) is 71.9 Å². The minimum Gasteiger partial charge on any atom is -0.491 e. The van der Waals surface area contributed by atoms with E-state index in [1.165, 1.54) is 35.2 Å². The zero-order valence-electron chi connectivity index (χ0n) is 24.0. The Balaban J connectivity index is 1.66. The lowest BCUT2D eigenvalue weighted by molar-refractivity contribution is -0.134. The summed E-state index contributed by atoms with van der Waals surface area (Å²) in [6.45, 7) is 4.48. The number of carbonyl (C=O) groups is 2. The molecule has 4 rings (SSSR count). The van der Waals surface area contributed by atoms with Crippen LogP contribution in [0.4, 0.5) is 10.1 Å². The molecule has 2 aromatic carbocycles. The number of amides is 2. The van der Waals surface area contributed by atoms with E-state index in [9.17, 15) is 22.4 Å². The van der Waals surface area contributed by atoms with Crippen molar-refractivity contribution >= 4 is 27.5 Å². The molecule has 2 heterocycles. The van der Waals surface area contributed by atoms with Gasteiger partial charge in [0.15, 0.2) is 0 Å². The highest BCUT2D eigenvalue weighted by Crippen LogP contribution is 2.28. The van der Waals surface area contributed by atoms with Crippen LogP contribution in [0.25, 0.3) is 0 Å². The number of sulfonamides is 1. The summed E-state index contributed by atoms with van der Waals surface area (Å²) in [5.41, 5.74) is 1.12. The quantitative estimate of drug-likeness (QED) is 0.461. The molecule has 0 bridgehead atoms. The first-order chi connectivity index (χ1) is 20.0. The van der Waals surface area contributed by atoms with Gasteiger partial charge in [0.2, 0.25) is 5.91 Å². The average Bonchev–Trinajstić information content (AvgIpc) is 2.96. The fraction of sp³-hybridized carbons (Fsp3) is 0.367. The number of likely N-dealkylation sites (N-methyl/N-ethyl adjacent to an activating group) is 1. The number of ether oxygens (including phenoxy) is 2. The minimum absolute atomic E-state index is 0.0350. The van der Waals surface area contributed by atoms with E-state index in [0.29, 0.717) is 6.54 Å². The van der Waals surface area contributed by atoms with Gasteiger partial charge in [-0.15, -0.1) is 0 Å². The number of rotatable bonds is 6. The van der Waals surface area contributed by atoms with Crippen molar-refractivity contribution in [1.29, 1.82) is 0 Å². The summed E-state index contributed by atoms with van der Waals surface area (Å²) in [4.78, 5) is 34.1. The van der Waals surface area contributed by atoms with Crippen molar-refractivity contribution in [1.82, 2.24) is 14.8 Å². The lowest BCUT2D eigenvalue weighted by atomic mass is 10.0. The van der Waals surface area contributed by atoms with Gasteiger partial charge in [-0.3, -0.25) is 19.3 Å². The first-order valence-corrected chi connectivity index (χ1v) is 15.0. The van der Waals surface area contributed by atoms with E-state index in [-0.39, 0.29) is 65.3 Å². The highest BCUT2D eigenvalue weighted by molar-refractivity contribution is 7.92. The lowest BCUT2D eigenvalue weighted by Crippen LogP contribution is -2.49. The molecule has 0 aliphatic carbocycles.